The van der Waals surface area contributed by atoms with Gasteiger partial charge in [0.05, 0.1) is 8.07 Å². The first-order valence-corrected chi connectivity index (χ1v) is 17.7. The van der Waals surface area contributed by atoms with E-state index >= 15 is 0 Å². The van der Waals surface area contributed by atoms with Crippen LogP contribution in [0.1, 0.15) is 76.9 Å². The van der Waals surface area contributed by atoms with Gasteiger partial charge in [-0.25, -0.2) is 0 Å². The number of rotatable bonds is 7. The van der Waals surface area contributed by atoms with Gasteiger partial charge in [-0.3, -0.25) is 0 Å². The molecule has 0 fully saturated rings. The monoisotopic (exact) mass is 768 g/mol. The minimum atomic E-state index is -2.13. The van der Waals surface area contributed by atoms with Crippen LogP contribution in [0.3, 0.4) is 0 Å². The molecule has 0 unspecified atom stereocenters. The van der Waals surface area contributed by atoms with Crippen LogP contribution in [-0.4, -0.2) is 18.0 Å². The van der Waals surface area contributed by atoms with Crippen molar-refractivity contribution in [1.29, 1.82) is 0 Å². The van der Waals surface area contributed by atoms with E-state index in [9.17, 15) is 0 Å². The third-order valence-electron chi connectivity index (χ3n) is 6.82. The van der Waals surface area contributed by atoms with Crippen LogP contribution < -0.4 is 5.19 Å². The van der Waals surface area contributed by atoms with Gasteiger partial charge < -0.3 is 9.97 Å². The van der Waals surface area contributed by atoms with Crippen molar-refractivity contribution >= 4 is 13.3 Å². The average Bonchev–Trinajstić information content (AvgIpc) is 3.04. The minimum Gasteiger partial charge on any atom is -0.305 e. The van der Waals surface area contributed by atoms with Crippen molar-refractivity contribution in [2.75, 3.05) is 0 Å². The number of benzene rings is 3. The summed E-state index contributed by atoms with van der Waals surface area (Å²) in [7, 11) is -1.61. The Morgan fingerprint density at radius 2 is 1.56 bits per heavy atom. The number of nitrogens with zero attached hydrogens (tertiary/aromatic N) is 2. The number of aryl methyl sites for hydroxylation is 1. The molecule has 2 heterocycles. The zero-order chi connectivity index (χ0) is 36.4. The van der Waals surface area contributed by atoms with Gasteiger partial charge in [-0.05, 0) is 46.4 Å². The zero-order valence-corrected chi connectivity index (χ0v) is 29.4. The first kappa shape index (κ1) is 25.2. The van der Waals surface area contributed by atoms with E-state index in [4.69, 9.17) is 9.60 Å². The Hall–Kier alpha value is -3.17. The molecular formula is C39H44IrN2Si-2. The van der Waals surface area contributed by atoms with Crippen LogP contribution in [0.5, 0.6) is 0 Å². The van der Waals surface area contributed by atoms with Crippen LogP contribution in [-0.2, 0) is 26.5 Å². The van der Waals surface area contributed by atoms with Gasteiger partial charge in [-0.15, -0.1) is 70.8 Å². The topological polar surface area (TPSA) is 25.8 Å². The van der Waals surface area contributed by atoms with Crippen molar-refractivity contribution in [2.45, 2.75) is 72.3 Å². The summed E-state index contributed by atoms with van der Waals surface area (Å²) in [6, 6.07) is 31.1. The van der Waals surface area contributed by atoms with Crippen LogP contribution in [0.4, 0.5) is 0 Å². The largest absolute Gasteiger partial charge is 0.305 e. The summed E-state index contributed by atoms with van der Waals surface area (Å²) < 4.78 is 56.0. The normalized spacial score (nSPS) is 14.6. The van der Waals surface area contributed by atoms with Gasteiger partial charge in [0.25, 0.3) is 0 Å². The molecule has 0 saturated heterocycles. The second kappa shape index (κ2) is 15.5. The first-order chi connectivity index (χ1) is 22.6. The third-order valence-corrected chi connectivity index (χ3v) is 8.83. The summed E-state index contributed by atoms with van der Waals surface area (Å²) in [5.74, 6) is -1.43. The van der Waals surface area contributed by atoms with Crippen LogP contribution in [0, 0.1) is 19.0 Å². The smallest absolute Gasteiger partial charge is 0.0799 e. The molecule has 0 atom stereocenters. The van der Waals surface area contributed by atoms with E-state index < -0.39 is 33.1 Å². The number of hydrogen-bond donors (Lipinski definition) is 0. The van der Waals surface area contributed by atoms with Crippen molar-refractivity contribution in [2.24, 2.45) is 0 Å². The molecule has 225 valence electrons. The van der Waals surface area contributed by atoms with Crippen LogP contribution in [0.2, 0.25) is 19.6 Å². The Balaban J connectivity index is 0.000000265. The predicted octanol–water partition coefficient (Wildman–Crippen LogP) is 9.79. The van der Waals surface area contributed by atoms with Crippen LogP contribution in [0.25, 0.3) is 22.5 Å². The van der Waals surface area contributed by atoms with Gasteiger partial charge in [-0.2, -0.15) is 0 Å². The standard InChI is InChI=1S/C21H20N.C18H24NSi.Ir/c1-16(2)19-11-12-22-21(15-19)20-10-6-9-18(14-20)13-17-7-4-3-5-8-17;1-13(2)16-11-17(15-9-7-14(3)8-10-15)19-12-18(16)20(4,5)6;/h3-9,11-12,14-16H,13H2,1-2H3;7-9,11-13H,1-6H3;/q2*-1;/i13D2,16D;3D3,13D;. The Bertz CT molecular complexity index is 1880. The summed E-state index contributed by atoms with van der Waals surface area (Å²) in [6.45, 7) is 12.1. The fourth-order valence-corrected chi connectivity index (χ4v) is 6.05. The van der Waals surface area contributed by atoms with E-state index in [-0.39, 0.29) is 25.7 Å². The van der Waals surface area contributed by atoms with Crippen molar-refractivity contribution in [1.82, 2.24) is 9.97 Å². The molecule has 0 spiro atoms. The second-order valence-electron chi connectivity index (χ2n) is 11.8. The Morgan fingerprint density at radius 3 is 2.19 bits per heavy atom. The number of aromatic nitrogens is 2. The van der Waals surface area contributed by atoms with E-state index in [1.54, 1.807) is 48.7 Å². The summed E-state index contributed by atoms with van der Waals surface area (Å²) in [5.41, 5.74) is 6.19. The van der Waals surface area contributed by atoms with Gasteiger partial charge in [0.2, 0.25) is 0 Å². The first-order valence-electron chi connectivity index (χ1n) is 17.7. The maximum absolute atomic E-state index is 8.51. The number of hydrogen-bond acceptors (Lipinski definition) is 2. The quantitative estimate of drug-likeness (QED) is 0.122. The fourth-order valence-electron chi connectivity index (χ4n) is 4.47. The number of pyridine rings is 2. The molecule has 5 rings (SSSR count). The Kier molecular flexibility index (Phi) is 9.09. The van der Waals surface area contributed by atoms with Crippen molar-refractivity contribution in [3.8, 4) is 22.5 Å². The Labute approximate surface area is 284 Å². The summed E-state index contributed by atoms with van der Waals surface area (Å²) >= 11 is 0. The van der Waals surface area contributed by atoms with E-state index in [0.717, 1.165) is 27.9 Å². The molecule has 0 amide bonds. The van der Waals surface area contributed by atoms with Gasteiger partial charge in [-0.1, -0.05) is 108 Å². The summed E-state index contributed by atoms with van der Waals surface area (Å²) in [5, 5.41) is 1.19. The predicted molar refractivity (Wildman–Crippen MR) is 182 cm³/mol. The van der Waals surface area contributed by atoms with Crippen LogP contribution in [0.15, 0.2) is 97.3 Å². The molecule has 0 N–H and O–H groups in total. The van der Waals surface area contributed by atoms with E-state index in [0.29, 0.717) is 16.8 Å². The molecule has 2 nitrogen and oxygen atoms in total. The van der Waals surface area contributed by atoms with E-state index in [1.165, 1.54) is 11.3 Å². The maximum atomic E-state index is 8.51. The van der Waals surface area contributed by atoms with Crippen molar-refractivity contribution in [3.63, 3.8) is 0 Å². The summed E-state index contributed by atoms with van der Waals surface area (Å²) in [4.78, 5) is 8.94. The zero-order valence-electron chi connectivity index (χ0n) is 33.0. The summed E-state index contributed by atoms with van der Waals surface area (Å²) in [6.07, 6.45) is 1.98. The molecule has 2 aromatic heterocycles. The Morgan fingerprint density at radius 1 is 0.814 bits per heavy atom. The molecule has 0 aliphatic carbocycles. The molecule has 4 heteroatoms. The van der Waals surface area contributed by atoms with Gasteiger partial charge in [0.15, 0.2) is 0 Å². The molecule has 1 radical (unpaired) electrons. The molecule has 0 saturated carbocycles. The van der Waals surface area contributed by atoms with Gasteiger partial charge in [0, 0.05) is 42.1 Å². The maximum Gasteiger partial charge on any atom is 0.0799 e. The van der Waals surface area contributed by atoms with Crippen LogP contribution >= 0.6 is 0 Å². The van der Waals surface area contributed by atoms with Gasteiger partial charge >= 0.3 is 0 Å². The molecule has 43 heavy (non-hydrogen) atoms. The van der Waals surface area contributed by atoms with E-state index in [1.807, 2.05) is 70.3 Å². The molecule has 3 aromatic carbocycles. The molecule has 0 bridgehead atoms. The molecular weight excluding hydrogens is 717 g/mol. The third kappa shape index (κ3) is 9.66. The van der Waals surface area contributed by atoms with Crippen molar-refractivity contribution in [3.05, 3.63) is 137 Å². The van der Waals surface area contributed by atoms with Crippen molar-refractivity contribution < 1.29 is 29.7 Å². The SMILES string of the molecule is [2H]C(C)(C)c1ccnc(-c2[c-]ccc(C([2H])([2H])c3ccccc3)c2)c1.[2H]C([2H])([2H])c1c[c-]c(-c2cc(C([2H])(C)C)c([Si](C)(C)C)cn2)cc1.[Ir]. The minimum absolute atomic E-state index is 0. The van der Waals surface area contributed by atoms with Gasteiger partial charge in [0.1, 0.15) is 0 Å². The second-order valence-corrected chi connectivity index (χ2v) is 16.8. The average molecular weight is 768 g/mol. The molecule has 0 aliphatic heterocycles. The fraction of sp³-hybridized carbons (Fsp3) is 0.282. The molecule has 0 aliphatic rings. The molecule has 5 aromatic rings. The van der Waals surface area contributed by atoms with E-state index in [2.05, 4.69) is 41.7 Å².